The zero-order chi connectivity index (χ0) is 22.5. The molecular formula is C24H27N5O2. The number of para-hydroxylation sites is 1. The Morgan fingerprint density at radius 3 is 2.74 bits per heavy atom. The Bertz CT molecular complexity index is 1090. The SMILES string of the molecule is [2H]N1C[C@H](N)C[C@H]1C(=O)N[C@@H](CCc1ccccc1)C(=O)Nc1cnc2ccccc2c1. The predicted octanol–water partition coefficient (Wildman–Crippen LogP) is 1.98. The van der Waals surface area contributed by atoms with Crippen LogP contribution in [0, 0.1) is 0 Å². The zero-order valence-corrected chi connectivity index (χ0v) is 17.2. The first-order chi connectivity index (χ1) is 15.5. The Morgan fingerprint density at radius 1 is 1.19 bits per heavy atom. The van der Waals surface area contributed by atoms with E-state index in [9.17, 15) is 9.59 Å². The van der Waals surface area contributed by atoms with Crippen LogP contribution in [-0.2, 0) is 16.0 Å². The average Bonchev–Trinajstić information content (AvgIpc) is 3.15. The number of fused-ring (bicyclic) bond motifs is 1. The molecule has 1 aromatic heterocycles. The highest BCUT2D eigenvalue weighted by molar-refractivity contribution is 5.99. The van der Waals surface area contributed by atoms with Gasteiger partial charge in [0.15, 0.2) is 0 Å². The van der Waals surface area contributed by atoms with E-state index in [2.05, 4.69) is 15.6 Å². The summed E-state index contributed by atoms with van der Waals surface area (Å²) in [5.74, 6) is -0.664. The molecule has 2 aromatic carbocycles. The quantitative estimate of drug-likeness (QED) is 0.469. The maximum absolute atomic E-state index is 13.1. The van der Waals surface area contributed by atoms with Gasteiger partial charge in [-0.25, -0.2) is 0 Å². The standard InChI is InChI=1S/C24H27N5O2/c25-18-13-22(26-14-18)24(31)29-21(11-10-16-6-2-1-3-7-16)23(30)28-19-12-17-8-4-5-9-20(17)27-15-19/h1-9,12,15,18,21-22,26H,10-11,13-14,25H2,(H,28,30)(H,29,31)/t18-,21+,22+/m1/s1/i/hD. The Hall–Kier alpha value is -3.29. The predicted molar refractivity (Wildman–Crippen MR) is 121 cm³/mol. The highest BCUT2D eigenvalue weighted by Gasteiger charge is 2.30. The Kier molecular flexibility index (Phi) is 6.14. The number of nitrogens with two attached hydrogens (primary N) is 1. The number of hydrogen-bond acceptors (Lipinski definition) is 5. The lowest BCUT2D eigenvalue weighted by molar-refractivity contribution is -0.127. The van der Waals surface area contributed by atoms with E-state index in [1.807, 2.05) is 60.7 Å². The molecule has 1 saturated heterocycles. The second-order valence-electron chi connectivity index (χ2n) is 7.87. The van der Waals surface area contributed by atoms with Crippen molar-refractivity contribution in [1.82, 2.24) is 15.6 Å². The summed E-state index contributed by atoms with van der Waals surface area (Å²) in [4.78, 5) is 30.3. The summed E-state index contributed by atoms with van der Waals surface area (Å²) in [6.45, 7) is 0.335. The third-order valence-corrected chi connectivity index (χ3v) is 5.44. The molecule has 5 N–H and O–H groups in total. The van der Waals surface area contributed by atoms with Crippen LogP contribution in [0.25, 0.3) is 10.9 Å². The van der Waals surface area contributed by atoms with Gasteiger partial charge >= 0.3 is 0 Å². The molecule has 1 aliphatic rings. The average molecular weight is 419 g/mol. The number of nitrogens with zero attached hydrogens (tertiary/aromatic N) is 1. The first-order valence-electron chi connectivity index (χ1n) is 11.0. The van der Waals surface area contributed by atoms with Crippen molar-refractivity contribution in [1.29, 1.82) is 0 Å². The summed E-state index contributed by atoms with van der Waals surface area (Å²) >= 11 is 0. The van der Waals surface area contributed by atoms with Crippen LogP contribution in [0.3, 0.4) is 0 Å². The van der Waals surface area contributed by atoms with Crippen molar-refractivity contribution < 1.29 is 11.0 Å². The van der Waals surface area contributed by atoms with Gasteiger partial charge in [-0.1, -0.05) is 48.5 Å². The summed E-state index contributed by atoms with van der Waals surface area (Å²) in [5, 5.41) is 7.84. The van der Waals surface area contributed by atoms with E-state index in [0.29, 0.717) is 31.5 Å². The van der Waals surface area contributed by atoms with Gasteiger partial charge in [0.05, 0.1) is 23.4 Å². The van der Waals surface area contributed by atoms with Crippen LogP contribution in [0.2, 0.25) is 1.41 Å². The van der Waals surface area contributed by atoms with Crippen molar-refractivity contribution in [2.45, 2.75) is 37.4 Å². The van der Waals surface area contributed by atoms with Gasteiger partial charge in [0, 0.05) is 18.0 Å². The highest BCUT2D eigenvalue weighted by atomic mass is 16.2. The Morgan fingerprint density at radius 2 is 1.97 bits per heavy atom. The van der Waals surface area contributed by atoms with Crippen molar-refractivity contribution in [2.75, 3.05) is 11.9 Å². The van der Waals surface area contributed by atoms with Crippen molar-refractivity contribution in [3.8, 4) is 0 Å². The van der Waals surface area contributed by atoms with Gasteiger partial charge in [-0.3, -0.25) is 14.6 Å². The number of rotatable bonds is 7. The maximum atomic E-state index is 13.1. The van der Waals surface area contributed by atoms with Crippen molar-refractivity contribution in [3.05, 3.63) is 72.4 Å². The number of aromatic nitrogens is 1. The number of nitrogens with one attached hydrogen (secondary N) is 3. The minimum atomic E-state index is -0.751. The summed E-state index contributed by atoms with van der Waals surface area (Å²) in [5.41, 5.74) is 8.39. The molecule has 0 bridgehead atoms. The fraction of sp³-hybridized carbons (Fsp3) is 0.292. The largest absolute Gasteiger partial charge is 0.343 e. The molecule has 0 radical (unpaired) electrons. The normalized spacial score (nSPS) is 20.2. The van der Waals surface area contributed by atoms with Gasteiger partial charge < -0.3 is 21.7 Å². The van der Waals surface area contributed by atoms with E-state index in [0.717, 1.165) is 16.5 Å². The number of benzene rings is 2. The first kappa shape index (κ1) is 19.7. The van der Waals surface area contributed by atoms with E-state index < -0.39 is 12.1 Å². The molecule has 7 heteroatoms. The molecule has 0 aliphatic carbocycles. The number of carbonyl (C=O) groups excluding carboxylic acids is 2. The van der Waals surface area contributed by atoms with Gasteiger partial charge in [0.1, 0.15) is 7.45 Å². The molecule has 7 nitrogen and oxygen atoms in total. The highest BCUT2D eigenvalue weighted by Crippen LogP contribution is 2.17. The lowest BCUT2D eigenvalue weighted by Gasteiger charge is -2.21. The molecule has 0 unspecified atom stereocenters. The molecule has 4 rings (SSSR count). The molecule has 0 saturated carbocycles. The molecule has 160 valence electrons. The molecule has 0 spiro atoms. The van der Waals surface area contributed by atoms with Crippen LogP contribution in [0.1, 0.15) is 18.4 Å². The van der Waals surface area contributed by atoms with Crippen molar-refractivity contribution in [2.24, 2.45) is 5.73 Å². The third-order valence-electron chi connectivity index (χ3n) is 5.44. The third kappa shape index (κ3) is 5.45. The minimum absolute atomic E-state index is 0.219. The number of hydrogen-bond donors (Lipinski definition) is 4. The second-order valence-corrected chi connectivity index (χ2v) is 7.87. The lowest BCUT2D eigenvalue weighted by atomic mass is 10.0. The molecule has 3 aromatic rings. The minimum Gasteiger partial charge on any atom is -0.343 e. The molecule has 2 heterocycles. The molecule has 1 aliphatic heterocycles. The van der Waals surface area contributed by atoms with Gasteiger partial charge in [-0.05, 0) is 37.0 Å². The Labute approximate surface area is 182 Å². The van der Waals surface area contributed by atoms with Crippen molar-refractivity contribution >= 4 is 28.4 Å². The lowest BCUT2D eigenvalue weighted by Crippen LogP contribution is -2.50. The first-order valence-corrected chi connectivity index (χ1v) is 10.5. The van der Waals surface area contributed by atoms with Crippen LogP contribution in [0.4, 0.5) is 5.69 Å². The van der Waals surface area contributed by atoms with E-state index in [4.69, 9.17) is 7.15 Å². The molecule has 3 atom stereocenters. The molecule has 2 amide bonds. The zero-order valence-electron chi connectivity index (χ0n) is 18.2. The fourth-order valence-corrected chi connectivity index (χ4v) is 3.75. The number of pyridine rings is 1. The fourth-order valence-electron chi connectivity index (χ4n) is 3.75. The maximum Gasteiger partial charge on any atom is 0.247 e. The number of anilines is 1. The van der Waals surface area contributed by atoms with Crippen LogP contribution < -0.4 is 21.7 Å². The number of amides is 2. The molecule has 1 fully saturated rings. The summed E-state index contributed by atoms with van der Waals surface area (Å²) < 4.78 is 7.98. The molecular weight excluding hydrogens is 390 g/mol. The summed E-state index contributed by atoms with van der Waals surface area (Å²) in [6, 6.07) is 17.7. The van der Waals surface area contributed by atoms with E-state index in [1.165, 1.54) is 5.31 Å². The van der Waals surface area contributed by atoms with Crippen LogP contribution in [-0.4, -0.2) is 41.5 Å². The number of carbonyl (C=O) groups is 2. The monoisotopic (exact) mass is 418 g/mol. The van der Waals surface area contributed by atoms with Gasteiger partial charge in [-0.15, -0.1) is 0 Å². The van der Waals surface area contributed by atoms with E-state index >= 15 is 0 Å². The smallest absolute Gasteiger partial charge is 0.247 e. The second kappa shape index (κ2) is 9.68. The number of aryl methyl sites for hydroxylation is 1. The van der Waals surface area contributed by atoms with E-state index in [-0.39, 0.29) is 17.9 Å². The van der Waals surface area contributed by atoms with Crippen LogP contribution in [0.15, 0.2) is 66.9 Å². The van der Waals surface area contributed by atoms with Crippen LogP contribution in [0.5, 0.6) is 0 Å². The topological polar surface area (TPSA) is 109 Å². The Balaban J connectivity index is 1.48. The van der Waals surface area contributed by atoms with Crippen LogP contribution >= 0.6 is 0 Å². The summed E-state index contributed by atoms with van der Waals surface area (Å²) in [6.07, 6.45) is 3.07. The molecule has 31 heavy (non-hydrogen) atoms. The van der Waals surface area contributed by atoms with Gasteiger partial charge in [0.2, 0.25) is 11.8 Å². The van der Waals surface area contributed by atoms with Gasteiger partial charge in [0.25, 0.3) is 0 Å². The summed E-state index contributed by atoms with van der Waals surface area (Å²) in [7, 11) is 0. The van der Waals surface area contributed by atoms with Gasteiger partial charge in [-0.2, -0.15) is 0 Å². The van der Waals surface area contributed by atoms with Crippen molar-refractivity contribution in [3.63, 3.8) is 0 Å². The van der Waals surface area contributed by atoms with E-state index in [1.54, 1.807) is 6.20 Å².